The van der Waals surface area contributed by atoms with E-state index >= 15 is 0 Å². The molecule has 94 valence electrons. The molecule has 16 heavy (non-hydrogen) atoms. The average molecular weight is 227 g/mol. The lowest BCUT2D eigenvalue weighted by atomic mass is 9.93. The van der Waals surface area contributed by atoms with Crippen LogP contribution in [0.3, 0.4) is 0 Å². The molecule has 0 aliphatic heterocycles. The first-order valence-corrected chi connectivity index (χ1v) is 6.59. The summed E-state index contributed by atoms with van der Waals surface area (Å²) in [4.78, 5) is 11.3. The fraction of sp³-hybridized carbons (Fsp3) is 0.923. The van der Waals surface area contributed by atoms with E-state index in [0.29, 0.717) is 6.04 Å². The Kier molecular flexibility index (Phi) is 5.26. The maximum absolute atomic E-state index is 11.3. The summed E-state index contributed by atoms with van der Waals surface area (Å²) in [6, 6.07) is 0.419. The molecule has 0 aromatic rings. The number of carbonyl (C=O) groups is 1. The van der Waals surface area contributed by atoms with Crippen LogP contribution in [-0.2, 0) is 4.79 Å². The van der Waals surface area contributed by atoms with E-state index in [1.165, 1.54) is 12.8 Å². The first kappa shape index (κ1) is 13.5. The minimum atomic E-state index is -0.718. The van der Waals surface area contributed by atoms with Gasteiger partial charge in [-0.3, -0.25) is 10.1 Å². The van der Waals surface area contributed by atoms with Crippen molar-refractivity contribution >= 4 is 5.97 Å². The number of hydrogen-bond acceptors (Lipinski definition) is 2. The standard InChI is InChI=1S/C13H25NO2/c1-3-4-7-10-13(2,12(15)16)14-11-8-5-6-9-11/h11,14H,3-10H2,1-2H3,(H,15,16). The van der Waals surface area contributed by atoms with Gasteiger partial charge in [0.1, 0.15) is 5.54 Å². The van der Waals surface area contributed by atoms with Gasteiger partial charge in [-0.1, -0.05) is 39.0 Å². The second-order valence-corrected chi connectivity index (χ2v) is 5.22. The summed E-state index contributed by atoms with van der Waals surface area (Å²) in [5, 5.41) is 12.7. The Bertz CT molecular complexity index is 224. The third-order valence-corrected chi connectivity index (χ3v) is 3.63. The summed E-state index contributed by atoms with van der Waals surface area (Å²) >= 11 is 0. The monoisotopic (exact) mass is 227 g/mol. The van der Waals surface area contributed by atoms with Crippen LogP contribution in [0.1, 0.15) is 65.2 Å². The average Bonchev–Trinajstić information content (AvgIpc) is 2.70. The van der Waals surface area contributed by atoms with E-state index in [9.17, 15) is 9.90 Å². The zero-order chi connectivity index (χ0) is 12.0. The van der Waals surface area contributed by atoms with Gasteiger partial charge in [0.25, 0.3) is 0 Å². The van der Waals surface area contributed by atoms with Gasteiger partial charge in [0.2, 0.25) is 0 Å². The molecule has 0 spiro atoms. The quantitative estimate of drug-likeness (QED) is 0.657. The SMILES string of the molecule is CCCCCC(C)(NC1CCCC1)C(=O)O. The zero-order valence-corrected chi connectivity index (χ0v) is 10.6. The van der Waals surface area contributed by atoms with Crippen LogP contribution in [0.4, 0.5) is 0 Å². The molecule has 2 N–H and O–H groups in total. The largest absolute Gasteiger partial charge is 0.480 e. The Hall–Kier alpha value is -0.570. The summed E-state index contributed by atoms with van der Waals surface area (Å²) < 4.78 is 0. The molecule has 1 aliphatic carbocycles. The molecule has 3 heteroatoms. The number of unbranched alkanes of at least 4 members (excludes halogenated alkanes) is 2. The highest BCUT2D eigenvalue weighted by molar-refractivity contribution is 5.78. The fourth-order valence-electron chi connectivity index (χ4n) is 2.49. The number of aliphatic carboxylic acids is 1. The number of carboxylic acid groups (broad SMARTS) is 1. The van der Waals surface area contributed by atoms with Crippen molar-refractivity contribution in [1.82, 2.24) is 5.32 Å². The first-order chi connectivity index (χ1) is 7.58. The molecule has 0 amide bonds. The van der Waals surface area contributed by atoms with Crippen LogP contribution in [0.5, 0.6) is 0 Å². The van der Waals surface area contributed by atoms with E-state index < -0.39 is 11.5 Å². The van der Waals surface area contributed by atoms with Crippen molar-refractivity contribution < 1.29 is 9.90 Å². The smallest absolute Gasteiger partial charge is 0.323 e. The third kappa shape index (κ3) is 3.78. The molecule has 1 rings (SSSR count). The van der Waals surface area contributed by atoms with Crippen molar-refractivity contribution in [2.24, 2.45) is 0 Å². The van der Waals surface area contributed by atoms with Gasteiger partial charge in [-0.15, -0.1) is 0 Å². The van der Waals surface area contributed by atoms with Crippen LogP contribution in [0.2, 0.25) is 0 Å². The van der Waals surface area contributed by atoms with Crippen LogP contribution in [0.15, 0.2) is 0 Å². The first-order valence-electron chi connectivity index (χ1n) is 6.59. The van der Waals surface area contributed by atoms with Gasteiger partial charge in [-0.25, -0.2) is 0 Å². The molecule has 1 atom stereocenters. The molecule has 3 nitrogen and oxygen atoms in total. The van der Waals surface area contributed by atoms with Gasteiger partial charge in [0.05, 0.1) is 0 Å². The zero-order valence-electron chi connectivity index (χ0n) is 10.6. The summed E-state index contributed by atoms with van der Waals surface area (Å²) in [6.45, 7) is 3.98. The summed E-state index contributed by atoms with van der Waals surface area (Å²) in [5.74, 6) is -0.699. The van der Waals surface area contributed by atoms with Crippen molar-refractivity contribution in [3.8, 4) is 0 Å². The summed E-state index contributed by atoms with van der Waals surface area (Å²) in [6.07, 6.45) is 8.75. The lowest BCUT2D eigenvalue weighted by Crippen LogP contribution is -2.53. The summed E-state index contributed by atoms with van der Waals surface area (Å²) in [7, 11) is 0. The predicted molar refractivity (Wildman–Crippen MR) is 65.6 cm³/mol. The highest BCUT2D eigenvalue weighted by Gasteiger charge is 2.35. The van der Waals surface area contributed by atoms with E-state index in [2.05, 4.69) is 12.2 Å². The minimum absolute atomic E-state index is 0.419. The van der Waals surface area contributed by atoms with Gasteiger partial charge in [0.15, 0.2) is 0 Å². The Morgan fingerprint density at radius 3 is 2.50 bits per heavy atom. The maximum Gasteiger partial charge on any atom is 0.323 e. The van der Waals surface area contributed by atoms with Crippen molar-refractivity contribution in [2.75, 3.05) is 0 Å². The van der Waals surface area contributed by atoms with Crippen LogP contribution in [0, 0.1) is 0 Å². The molecule has 1 saturated carbocycles. The maximum atomic E-state index is 11.3. The van der Waals surface area contributed by atoms with Gasteiger partial charge in [-0.05, 0) is 26.2 Å². The number of nitrogens with one attached hydrogen (secondary N) is 1. The molecule has 0 heterocycles. The van der Waals surface area contributed by atoms with Crippen molar-refractivity contribution in [1.29, 1.82) is 0 Å². The molecule has 1 unspecified atom stereocenters. The number of carboxylic acids is 1. The Labute approximate surface area is 98.6 Å². The Morgan fingerprint density at radius 1 is 1.38 bits per heavy atom. The Balaban J connectivity index is 2.46. The van der Waals surface area contributed by atoms with Crippen LogP contribution >= 0.6 is 0 Å². The van der Waals surface area contributed by atoms with E-state index in [1.807, 2.05) is 6.92 Å². The molecule has 0 radical (unpaired) electrons. The molecular weight excluding hydrogens is 202 g/mol. The fourth-order valence-corrected chi connectivity index (χ4v) is 2.49. The molecule has 1 aliphatic rings. The van der Waals surface area contributed by atoms with E-state index in [4.69, 9.17) is 0 Å². The molecule has 0 saturated heterocycles. The Morgan fingerprint density at radius 2 is 2.00 bits per heavy atom. The normalized spacial score (nSPS) is 20.9. The van der Waals surface area contributed by atoms with Crippen LogP contribution in [-0.4, -0.2) is 22.7 Å². The lowest BCUT2D eigenvalue weighted by molar-refractivity contribution is -0.144. The highest BCUT2D eigenvalue weighted by atomic mass is 16.4. The lowest BCUT2D eigenvalue weighted by Gasteiger charge is -2.30. The van der Waals surface area contributed by atoms with Crippen LogP contribution in [0.25, 0.3) is 0 Å². The topological polar surface area (TPSA) is 49.3 Å². The van der Waals surface area contributed by atoms with Crippen molar-refractivity contribution in [3.63, 3.8) is 0 Å². The van der Waals surface area contributed by atoms with Gasteiger partial charge >= 0.3 is 5.97 Å². The number of hydrogen-bond donors (Lipinski definition) is 2. The van der Waals surface area contributed by atoms with Gasteiger partial charge in [0, 0.05) is 6.04 Å². The third-order valence-electron chi connectivity index (χ3n) is 3.63. The highest BCUT2D eigenvalue weighted by Crippen LogP contribution is 2.23. The van der Waals surface area contributed by atoms with E-state index in [0.717, 1.165) is 38.5 Å². The molecule has 0 bridgehead atoms. The van der Waals surface area contributed by atoms with Crippen molar-refractivity contribution in [2.45, 2.75) is 76.8 Å². The van der Waals surface area contributed by atoms with Gasteiger partial charge in [-0.2, -0.15) is 0 Å². The molecular formula is C13H25NO2. The predicted octanol–water partition coefficient (Wildman–Crippen LogP) is 2.94. The van der Waals surface area contributed by atoms with E-state index in [1.54, 1.807) is 0 Å². The second-order valence-electron chi connectivity index (χ2n) is 5.22. The summed E-state index contributed by atoms with van der Waals surface area (Å²) in [5.41, 5.74) is -0.718. The number of rotatable bonds is 7. The van der Waals surface area contributed by atoms with Gasteiger partial charge < -0.3 is 5.11 Å². The minimum Gasteiger partial charge on any atom is -0.480 e. The molecule has 0 aromatic carbocycles. The second kappa shape index (κ2) is 6.24. The van der Waals surface area contributed by atoms with Crippen LogP contribution < -0.4 is 5.32 Å². The van der Waals surface area contributed by atoms with Crippen molar-refractivity contribution in [3.05, 3.63) is 0 Å². The molecule has 0 aromatic heterocycles. The molecule has 1 fully saturated rings. The van der Waals surface area contributed by atoms with E-state index in [-0.39, 0.29) is 0 Å².